The van der Waals surface area contributed by atoms with Crippen molar-refractivity contribution in [3.8, 4) is 0 Å². The summed E-state index contributed by atoms with van der Waals surface area (Å²) in [6.07, 6.45) is 7.52. The van der Waals surface area contributed by atoms with Crippen LogP contribution in [0.15, 0.2) is 4.99 Å². The van der Waals surface area contributed by atoms with Gasteiger partial charge in [-0.25, -0.2) is 0 Å². The van der Waals surface area contributed by atoms with Gasteiger partial charge in [0.15, 0.2) is 5.17 Å². The molecule has 0 heterocycles. The van der Waals surface area contributed by atoms with E-state index in [4.69, 9.17) is 5.73 Å². The Bertz CT molecular complexity index is 188. The van der Waals surface area contributed by atoms with Crippen LogP contribution >= 0.6 is 35.7 Å². The van der Waals surface area contributed by atoms with Gasteiger partial charge in [0.25, 0.3) is 0 Å². The van der Waals surface area contributed by atoms with Crippen molar-refractivity contribution in [2.24, 2.45) is 22.6 Å². The predicted octanol–water partition coefficient (Wildman–Crippen LogP) is 2.47. The van der Waals surface area contributed by atoms with Crippen LogP contribution in [0.4, 0.5) is 0 Å². The van der Waals surface area contributed by atoms with Gasteiger partial charge < -0.3 is 5.73 Å². The molecule has 2 nitrogen and oxygen atoms in total. The van der Waals surface area contributed by atoms with E-state index in [1.165, 1.54) is 25.7 Å². The van der Waals surface area contributed by atoms with Crippen LogP contribution in [0.1, 0.15) is 25.7 Å². The zero-order valence-electron chi connectivity index (χ0n) is 7.90. The number of halogens is 1. The van der Waals surface area contributed by atoms with Crippen molar-refractivity contribution in [3.05, 3.63) is 0 Å². The Morgan fingerprint density at radius 2 is 1.77 bits per heavy atom. The highest BCUT2D eigenvalue weighted by atomic mass is 127. The van der Waals surface area contributed by atoms with E-state index < -0.39 is 0 Å². The second kappa shape index (κ2) is 4.87. The van der Waals surface area contributed by atoms with E-state index in [1.54, 1.807) is 11.8 Å². The number of thioether (sulfide) groups is 1. The maximum absolute atomic E-state index is 5.72. The number of hydrogen-bond donors (Lipinski definition) is 1. The van der Waals surface area contributed by atoms with Crippen LogP contribution in [0.25, 0.3) is 0 Å². The summed E-state index contributed by atoms with van der Waals surface area (Å²) in [7, 11) is 0. The van der Waals surface area contributed by atoms with E-state index in [-0.39, 0.29) is 24.0 Å². The number of nitrogens with zero attached hydrogens (tertiary/aromatic N) is 1. The number of amidine groups is 1. The summed E-state index contributed by atoms with van der Waals surface area (Å²) in [4.78, 5) is 4.58. The third-order valence-electron chi connectivity index (χ3n) is 2.70. The van der Waals surface area contributed by atoms with Crippen LogP contribution in [0.2, 0.25) is 0 Å². The Kier molecular flexibility index (Phi) is 4.35. The predicted molar refractivity (Wildman–Crippen MR) is 69.8 cm³/mol. The average Bonchev–Trinajstić information content (AvgIpc) is 2.87. The Morgan fingerprint density at radius 3 is 2.08 bits per heavy atom. The van der Waals surface area contributed by atoms with Gasteiger partial charge in [-0.15, -0.1) is 24.0 Å². The number of nitrogens with two attached hydrogens (primary N) is 1. The van der Waals surface area contributed by atoms with Crippen LogP contribution in [-0.4, -0.2) is 17.5 Å². The Balaban J connectivity index is 0.000000845. The summed E-state index contributed by atoms with van der Waals surface area (Å²) in [6, 6.07) is 0.581. The first-order valence-corrected chi connectivity index (χ1v) is 5.91. The molecule has 0 aromatic rings. The largest absolute Gasteiger partial charge is 0.379 e. The lowest BCUT2D eigenvalue weighted by atomic mass is 10.1. The number of hydrogen-bond acceptors (Lipinski definition) is 2. The van der Waals surface area contributed by atoms with Gasteiger partial charge in [0.2, 0.25) is 0 Å². The molecule has 2 saturated carbocycles. The molecular weight excluding hydrogens is 295 g/mol. The van der Waals surface area contributed by atoms with Gasteiger partial charge in [0, 0.05) is 0 Å². The molecule has 76 valence electrons. The van der Waals surface area contributed by atoms with E-state index in [0.29, 0.717) is 6.04 Å². The third kappa shape index (κ3) is 3.31. The summed E-state index contributed by atoms with van der Waals surface area (Å²) < 4.78 is 0. The number of rotatable bonds is 3. The smallest absolute Gasteiger partial charge is 0.153 e. The molecule has 4 heteroatoms. The fourth-order valence-corrected chi connectivity index (χ4v) is 1.90. The lowest BCUT2D eigenvalue weighted by Gasteiger charge is -2.09. The second-order valence-corrected chi connectivity index (χ2v) is 4.66. The van der Waals surface area contributed by atoms with Crippen LogP contribution in [0.5, 0.6) is 0 Å². The molecule has 0 radical (unpaired) electrons. The molecule has 0 aromatic carbocycles. The summed E-state index contributed by atoms with van der Waals surface area (Å²) in [5.41, 5.74) is 5.72. The molecule has 0 unspecified atom stereocenters. The number of aliphatic imine (C=N–C) groups is 1. The highest BCUT2D eigenvalue weighted by Crippen LogP contribution is 2.46. The van der Waals surface area contributed by atoms with E-state index in [0.717, 1.165) is 17.0 Å². The van der Waals surface area contributed by atoms with Crippen molar-refractivity contribution >= 4 is 40.9 Å². The topological polar surface area (TPSA) is 38.4 Å². The van der Waals surface area contributed by atoms with Crippen LogP contribution < -0.4 is 5.73 Å². The minimum atomic E-state index is 0. The highest BCUT2D eigenvalue weighted by molar-refractivity contribution is 14.0. The average molecular weight is 312 g/mol. The van der Waals surface area contributed by atoms with Crippen LogP contribution in [0.3, 0.4) is 0 Å². The molecular formula is C9H17IN2S. The lowest BCUT2D eigenvalue weighted by molar-refractivity contribution is 0.534. The van der Waals surface area contributed by atoms with E-state index in [9.17, 15) is 0 Å². The van der Waals surface area contributed by atoms with E-state index >= 15 is 0 Å². The van der Waals surface area contributed by atoms with Gasteiger partial charge >= 0.3 is 0 Å². The zero-order chi connectivity index (χ0) is 8.55. The second-order valence-electron chi connectivity index (χ2n) is 3.84. The fourth-order valence-electron chi connectivity index (χ4n) is 1.67. The van der Waals surface area contributed by atoms with Gasteiger partial charge in [-0.2, -0.15) is 0 Å². The quantitative estimate of drug-likeness (QED) is 0.494. The maximum atomic E-state index is 5.72. The van der Waals surface area contributed by atoms with Crippen LogP contribution in [0, 0.1) is 11.8 Å². The van der Waals surface area contributed by atoms with Gasteiger partial charge in [-0.1, -0.05) is 11.8 Å². The van der Waals surface area contributed by atoms with Crippen molar-refractivity contribution in [1.29, 1.82) is 0 Å². The minimum absolute atomic E-state index is 0. The van der Waals surface area contributed by atoms with Crippen molar-refractivity contribution in [2.45, 2.75) is 31.7 Å². The summed E-state index contributed by atoms with van der Waals surface area (Å²) in [5, 5.41) is 0.777. The molecule has 13 heavy (non-hydrogen) atoms. The van der Waals surface area contributed by atoms with Crippen molar-refractivity contribution in [2.75, 3.05) is 6.26 Å². The molecule has 2 aliphatic rings. The molecule has 0 saturated heterocycles. The van der Waals surface area contributed by atoms with Crippen molar-refractivity contribution in [3.63, 3.8) is 0 Å². The third-order valence-corrected chi connectivity index (χ3v) is 3.22. The molecule has 2 N–H and O–H groups in total. The molecule has 0 aliphatic heterocycles. The molecule has 0 amide bonds. The molecule has 2 fully saturated rings. The lowest BCUT2D eigenvalue weighted by Crippen LogP contribution is -2.16. The Morgan fingerprint density at radius 1 is 1.31 bits per heavy atom. The SMILES string of the molecule is CSC(N)=NC(C1CC1)C1CC1.I. The van der Waals surface area contributed by atoms with Crippen molar-refractivity contribution in [1.82, 2.24) is 0 Å². The highest BCUT2D eigenvalue weighted by Gasteiger charge is 2.41. The van der Waals surface area contributed by atoms with Crippen molar-refractivity contribution < 1.29 is 0 Å². The minimum Gasteiger partial charge on any atom is -0.379 e. The molecule has 0 bridgehead atoms. The van der Waals surface area contributed by atoms with Gasteiger partial charge in [-0.3, -0.25) is 4.99 Å². The van der Waals surface area contributed by atoms with Crippen LogP contribution in [-0.2, 0) is 0 Å². The van der Waals surface area contributed by atoms with Gasteiger partial charge in [0.05, 0.1) is 6.04 Å². The van der Waals surface area contributed by atoms with Gasteiger partial charge in [0.1, 0.15) is 0 Å². The summed E-state index contributed by atoms with van der Waals surface area (Å²) >= 11 is 1.57. The van der Waals surface area contributed by atoms with Gasteiger partial charge in [-0.05, 0) is 43.8 Å². The molecule has 0 atom stereocenters. The standard InChI is InChI=1S/C9H16N2S.HI/c1-12-9(10)11-8(6-2-3-6)7-4-5-7;/h6-8H,2-5H2,1H3,(H2,10,11);1H. The first kappa shape index (κ1) is 11.6. The molecule has 2 rings (SSSR count). The normalized spacial score (nSPS) is 23.1. The maximum Gasteiger partial charge on any atom is 0.153 e. The fraction of sp³-hybridized carbons (Fsp3) is 0.889. The monoisotopic (exact) mass is 312 g/mol. The Labute approximate surface area is 101 Å². The molecule has 0 aromatic heterocycles. The summed E-state index contributed by atoms with van der Waals surface area (Å²) in [5.74, 6) is 1.76. The summed E-state index contributed by atoms with van der Waals surface area (Å²) in [6.45, 7) is 0. The molecule has 0 spiro atoms. The van der Waals surface area contributed by atoms with E-state index in [1.807, 2.05) is 6.26 Å². The first-order valence-electron chi connectivity index (χ1n) is 4.68. The van der Waals surface area contributed by atoms with E-state index in [2.05, 4.69) is 4.99 Å². The first-order chi connectivity index (χ1) is 5.81. The Hall–Kier alpha value is 0.550. The molecule has 2 aliphatic carbocycles. The zero-order valence-corrected chi connectivity index (χ0v) is 11.0.